The normalized spacial score (nSPS) is 14.4. The van der Waals surface area contributed by atoms with Crippen LogP contribution in [-0.4, -0.2) is 66.0 Å². The van der Waals surface area contributed by atoms with E-state index in [1.807, 2.05) is 17.9 Å². The molecule has 0 atom stereocenters. The van der Waals surface area contributed by atoms with Crippen LogP contribution < -0.4 is 4.90 Å². The van der Waals surface area contributed by atoms with E-state index in [0.717, 1.165) is 11.3 Å². The second kappa shape index (κ2) is 9.74. The number of rotatable bonds is 6. The first-order chi connectivity index (χ1) is 14.4. The summed E-state index contributed by atoms with van der Waals surface area (Å²) >= 11 is 6.10. The molecule has 8 nitrogen and oxygen atoms in total. The number of hydrogen-bond donors (Lipinski definition) is 0. The van der Waals surface area contributed by atoms with Crippen LogP contribution in [0.2, 0.25) is 5.02 Å². The van der Waals surface area contributed by atoms with Crippen molar-refractivity contribution < 1.29 is 14.1 Å². The first-order valence-electron chi connectivity index (χ1n) is 9.77. The van der Waals surface area contributed by atoms with E-state index >= 15 is 0 Å². The monoisotopic (exact) mass is 429 g/mol. The number of aromatic nitrogens is 1. The maximum Gasteiger partial charge on any atom is 0.292 e. The van der Waals surface area contributed by atoms with Gasteiger partial charge >= 0.3 is 0 Å². The number of piperazine rings is 1. The highest BCUT2D eigenvalue weighted by molar-refractivity contribution is 6.31. The summed E-state index contributed by atoms with van der Waals surface area (Å²) < 4.78 is 5.06. The number of amides is 2. The molecule has 1 saturated heterocycles. The molecule has 0 N–H and O–H groups in total. The van der Waals surface area contributed by atoms with Crippen LogP contribution >= 0.6 is 11.6 Å². The lowest BCUT2D eigenvalue weighted by atomic mass is 10.2. The Morgan fingerprint density at radius 1 is 1.23 bits per heavy atom. The molecule has 2 amide bonds. The van der Waals surface area contributed by atoms with Crippen molar-refractivity contribution in [3.05, 3.63) is 46.3 Å². The number of aryl methyl sites for hydroxylation is 2. The molecule has 0 spiro atoms. The average molecular weight is 430 g/mol. The van der Waals surface area contributed by atoms with Crippen LogP contribution in [0.3, 0.4) is 0 Å². The summed E-state index contributed by atoms with van der Waals surface area (Å²) in [5.74, 6) is -0.0377. The van der Waals surface area contributed by atoms with Crippen LogP contribution in [0.25, 0.3) is 0 Å². The van der Waals surface area contributed by atoms with E-state index in [4.69, 9.17) is 21.4 Å². The maximum atomic E-state index is 13.0. The van der Waals surface area contributed by atoms with Crippen molar-refractivity contribution in [1.29, 1.82) is 5.26 Å². The number of anilines is 1. The van der Waals surface area contributed by atoms with Gasteiger partial charge in [0.1, 0.15) is 0 Å². The third-order valence-electron chi connectivity index (χ3n) is 5.06. The van der Waals surface area contributed by atoms with Crippen molar-refractivity contribution in [1.82, 2.24) is 15.0 Å². The summed E-state index contributed by atoms with van der Waals surface area (Å²) in [5, 5.41) is 13.4. The van der Waals surface area contributed by atoms with E-state index < -0.39 is 0 Å². The predicted octanol–water partition coefficient (Wildman–Crippen LogP) is 2.65. The van der Waals surface area contributed by atoms with Crippen molar-refractivity contribution in [2.24, 2.45) is 0 Å². The Hall–Kier alpha value is -2.89. The van der Waals surface area contributed by atoms with Gasteiger partial charge in [0.25, 0.3) is 5.91 Å². The lowest BCUT2D eigenvalue weighted by Crippen LogP contribution is -2.51. The summed E-state index contributed by atoms with van der Waals surface area (Å²) in [6, 6.07) is 9.13. The third-order valence-corrected chi connectivity index (χ3v) is 5.48. The Morgan fingerprint density at radius 2 is 1.97 bits per heavy atom. The molecule has 0 unspecified atom stereocenters. The molecule has 0 bridgehead atoms. The molecule has 0 radical (unpaired) electrons. The number of carbonyl (C=O) groups is 2. The van der Waals surface area contributed by atoms with Crippen LogP contribution in [0, 0.1) is 25.2 Å². The van der Waals surface area contributed by atoms with Crippen LogP contribution in [0.4, 0.5) is 5.69 Å². The molecule has 1 aliphatic heterocycles. The molecule has 158 valence electrons. The van der Waals surface area contributed by atoms with Crippen LogP contribution in [0.1, 0.15) is 28.2 Å². The molecule has 0 aliphatic carbocycles. The lowest BCUT2D eigenvalue weighted by Gasteiger charge is -2.35. The number of nitrogens with zero attached hydrogens (tertiary/aromatic N) is 5. The Labute approximate surface area is 180 Å². The smallest absolute Gasteiger partial charge is 0.292 e. The molecule has 1 fully saturated rings. The summed E-state index contributed by atoms with van der Waals surface area (Å²) in [7, 11) is 0. The zero-order valence-corrected chi connectivity index (χ0v) is 17.9. The molecule has 2 heterocycles. The van der Waals surface area contributed by atoms with E-state index in [9.17, 15) is 9.59 Å². The van der Waals surface area contributed by atoms with Gasteiger partial charge in [-0.25, -0.2) is 0 Å². The molecule has 0 saturated carbocycles. The zero-order valence-electron chi connectivity index (χ0n) is 17.1. The number of hydrogen-bond acceptors (Lipinski definition) is 6. The molecule has 1 aromatic heterocycles. The molecule has 1 aromatic carbocycles. The summed E-state index contributed by atoms with van der Waals surface area (Å²) in [6.07, 6.45) is 0.242. The van der Waals surface area contributed by atoms with E-state index in [0.29, 0.717) is 43.4 Å². The largest absolute Gasteiger partial charge is 0.351 e. The van der Waals surface area contributed by atoms with Gasteiger partial charge in [-0.05, 0) is 37.6 Å². The second-order valence-corrected chi connectivity index (χ2v) is 7.70. The number of halogens is 1. The zero-order chi connectivity index (χ0) is 21.7. The summed E-state index contributed by atoms with van der Waals surface area (Å²) in [5.41, 5.74) is 2.27. The fraction of sp³-hybridized carbons (Fsp3) is 0.429. The Bertz CT molecular complexity index is 960. The van der Waals surface area contributed by atoms with Gasteiger partial charge < -0.3 is 14.3 Å². The quantitative estimate of drug-likeness (QED) is 0.700. The van der Waals surface area contributed by atoms with Gasteiger partial charge in [-0.2, -0.15) is 5.26 Å². The molecule has 1 aliphatic rings. The van der Waals surface area contributed by atoms with Gasteiger partial charge in [-0.15, -0.1) is 0 Å². The van der Waals surface area contributed by atoms with Gasteiger partial charge in [0.05, 0.1) is 24.7 Å². The first-order valence-corrected chi connectivity index (χ1v) is 10.1. The van der Waals surface area contributed by atoms with Crippen molar-refractivity contribution in [2.75, 3.05) is 44.2 Å². The molecule has 2 aromatic rings. The van der Waals surface area contributed by atoms with Crippen molar-refractivity contribution in [3.63, 3.8) is 0 Å². The minimum absolute atomic E-state index is 0.0855. The highest BCUT2D eigenvalue weighted by Crippen LogP contribution is 2.23. The van der Waals surface area contributed by atoms with Crippen molar-refractivity contribution >= 4 is 29.1 Å². The van der Waals surface area contributed by atoms with Gasteiger partial charge in [0, 0.05) is 49.5 Å². The van der Waals surface area contributed by atoms with Gasteiger partial charge in [0.2, 0.25) is 11.7 Å². The van der Waals surface area contributed by atoms with Crippen molar-refractivity contribution in [2.45, 2.75) is 20.3 Å². The molecule has 9 heteroatoms. The Morgan fingerprint density at radius 3 is 2.57 bits per heavy atom. The Kier molecular flexibility index (Phi) is 7.08. The van der Waals surface area contributed by atoms with Crippen molar-refractivity contribution in [3.8, 4) is 6.07 Å². The number of benzene rings is 1. The number of nitriles is 1. The maximum absolute atomic E-state index is 13.0. The van der Waals surface area contributed by atoms with Crippen LogP contribution in [0.5, 0.6) is 0 Å². The van der Waals surface area contributed by atoms with E-state index in [1.165, 1.54) is 0 Å². The van der Waals surface area contributed by atoms with Gasteiger partial charge in [0.15, 0.2) is 0 Å². The number of carbonyl (C=O) groups excluding carboxylic acids is 2. The first kappa shape index (κ1) is 21.8. The molecule has 3 rings (SSSR count). The minimum Gasteiger partial charge on any atom is -0.351 e. The fourth-order valence-corrected chi connectivity index (χ4v) is 3.48. The van der Waals surface area contributed by atoms with Crippen LogP contribution in [-0.2, 0) is 4.79 Å². The average Bonchev–Trinajstić information content (AvgIpc) is 3.17. The highest BCUT2D eigenvalue weighted by Gasteiger charge is 2.27. The topological polar surface area (TPSA) is 93.7 Å². The highest BCUT2D eigenvalue weighted by atomic mass is 35.5. The standard InChI is InChI=1S/C21H24ClN5O3/c1-15-12-17(4-5-18(15)22)27(7-3-6-23)20(28)14-25-8-10-26(11-9-25)21(29)19-13-16(2)24-30-19/h4-5,12-13H,3,7-11,14H2,1-2H3. The van der Waals surface area contributed by atoms with Gasteiger partial charge in [-0.3, -0.25) is 14.5 Å². The molecular formula is C21H24ClN5O3. The molecular weight excluding hydrogens is 406 g/mol. The fourth-order valence-electron chi connectivity index (χ4n) is 3.36. The minimum atomic E-state index is -0.186. The second-order valence-electron chi connectivity index (χ2n) is 7.29. The van der Waals surface area contributed by atoms with Crippen LogP contribution in [0.15, 0.2) is 28.8 Å². The lowest BCUT2D eigenvalue weighted by molar-refractivity contribution is -0.120. The van der Waals surface area contributed by atoms with E-state index in [2.05, 4.69) is 11.2 Å². The summed E-state index contributed by atoms with van der Waals surface area (Å²) in [6.45, 7) is 6.35. The predicted molar refractivity (Wildman–Crippen MR) is 112 cm³/mol. The summed E-state index contributed by atoms with van der Waals surface area (Å²) in [4.78, 5) is 30.8. The molecule has 30 heavy (non-hydrogen) atoms. The third kappa shape index (κ3) is 5.17. The van der Waals surface area contributed by atoms with Gasteiger partial charge in [-0.1, -0.05) is 16.8 Å². The Balaban J connectivity index is 1.60. The van der Waals surface area contributed by atoms with E-state index in [-0.39, 0.29) is 30.5 Å². The van der Waals surface area contributed by atoms with E-state index in [1.54, 1.807) is 34.9 Å². The SMILES string of the molecule is Cc1cc(C(=O)N2CCN(CC(=O)N(CCC#N)c3ccc(Cl)c(C)c3)CC2)on1.